The summed E-state index contributed by atoms with van der Waals surface area (Å²) in [6.45, 7) is 1.09. The van der Waals surface area contributed by atoms with E-state index >= 15 is 0 Å². The van der Waals surface area contributed by atoms with Gasteiger partial charge in [0.25, 0.3) is 0 Å². The Balaban J connectivity index is 2.02. The van der Waals surface area contributed by atoms with Crippen molar-refractivity contribution in [3.8, 4) is 0 Å². The van der Waals surface area contributed by atoms with Gasteiger partial charge >= 0.3 is 0 Å². The van der Waals surface area contributed by atoms with Crippen molar-refractivity contribution in [2.24, 2.45) is 5.92 Å². The first kappa shape index (κ1) is 9.91. The third-order valence-electron chi connectivity index (χ3n) is 3.64. The van der Waals surface area contributed by atoms with Crippen LogP contribution >= 0.6 is 0 Å². The number of hydrogen-bond donors (Lipinski definition) is 2. The number of nitrogens with one attached hydrogen (secondary N) is 2. The maximum absolute atomic E-state index is 3.38. The number of fused-ring (bicyclic) bond motifs is 1. The van der Waals surface area contributed by atoms with Crippen LogP contribution in [-0.4, -0.2) is 18.6 Å². The standard InChI is InChI=1S/C14H18N2/c1-15-8-12(10-6-7-10)13-9-16-14-5-3-2-4-11(13)14/h2-5,9-10,12,15-16H,6-8H2,1H3. The maximum Gasteiger partial charge on any atom is 0.0456 e. The van der Waals surface area contributed by atoms with Crippen molar-refractivity contribution >= 4 is 10.9 Å². The van der Waals surface area contributed by atoms with E-state index in [0.29, 0.717) is 5.92 Å². The molecule has 84 valence electrons. The number of likely N-dealkylation sites (N-methyl/N-ethyl adjacent to an activating group) is 1. The molecule has 1 fully saturated rings. The van der Waals surface area contributed by atoms with Gasteiger partial charge in [-0.25, -0.2) is 0 Å². The zero-order chi connectivity index (χ0) is 11.0. The number of para-hydroxylation sites is 1. The lowest BCUT2D eigenvalue weighted by Crippen LogP contribution is -2.18. The fourth-order valence-electron chi connectivity index (χ4n) is 2.65. The Morgan fingerprint density at radius 3 is 2.94 bits per heavy atom. The second kappa shape index (κ2) is 3.95. The lowest BCUT2D eigenvalue weighted by Gasteiger charge is -2.14. The summed E-state index contributed by atoms with van der Waals surface area (Å²) in [6, 6.07) is 8.60. The van der Waals surface area contributed by atoms with Crippen LogP contribution in [0.4, 0.5) is 0 Å². The molecule has 3 rings (SSSR count). The van der Waals surface area contributed by atoms with Crippen LogP contribution in [0, 0.1) is 5.92 Å². The molecule has 0 spiro atoms. The van der Waals surface area contributed by atoms with Crippen LogP contribution in [0.5, 0.6) is 0 Å². The van der Waals surface area contributed by atoms with Crippen LogP contribution in [0.25, 0.3) is 10.9 Å². The van der Waals surface area contributed by atoms with Crippen molar-refractivity contribution in [2.75, 3.05) is 13.6 Å². The molecule has 0 radical (unpaired) electrons. The fraction of sp³-hybridized carbons (Fsp3) is 0.429. The Morgan fingerprint density at radius 2 is 2.19 bits per heavy atom. The second-order valence-corrected chi connectivity index (χ2v) is 4.79. The first-order valence-electron chi connectivity index (χ1n) is 6.11. The van der Waals surface area contributed by atoms with Gasteiger partial charge in [-0.2, -0.15) is 0 Å². The molecule has 2 N–H and O–H groups in total. The zero-order valence-electron chi connectivity index (χ0n) is 9.66. The fourth-order valence-corrected chi connectivity index (χ4v) is 2.65. The van der Waals surface area contributed by atoms with Gasteiger partial charge in [0.1, 0.15) is 0 Å². The number of H-pyrrole nitrogens is 1. The topological polar surface area (TPSA) is 27.8 Å². The van der Waals surface area contributed by atoms with Gasteiger partial charge < -0.3 is 10.3 Å². The van der Waals surface area contributed by atoms with Crippen molar-refractivity contribution in [2.45, 2.75) is 18.8 Å². The number of aromatic nitrogens is 1. The molecule has 1 heterocycles. The summed E-state index contributed by atoms with van der Waals surface area (Å²) in [6.07, 6.45) is 4.99. The summed E-state index contributed by atoms with van der Waals surface area (Å²) in [4.78, 5) is 3.38. The molecule has 16 heavy (non-hydrogen) atoms. The average Bonchev–Trinajstić information content (AvgIpc) is 3.06. The first-order valence-corrected chi connectivity index (χ1v) is 6.11. The summed E-state index contributed by atoms with van der Waals surface area (Å²) in [7, 11) is 2.05. The molecule has 0 amide bonds. The van der Waals surface area contributed by atoms with Gasteiger partial charge in [-0.05, 0) is 37.4 Å². The van der Waals surface area contributed by atoms with Gasteiger partial charge in [0, 0.05) is 29.6 Å². The summed E-state index contributed by atoms with van der Waals surface area (Å²) >= 11 is 0. The van der Waals surface area contributed by atoms with Crippen LogP contribution in [0.15, 0.2) is 30.5 Å². The third kappa shape index (κ3) is 1.63. The van der Waals surface area contributed by atoms with Crippen LogP contribution in [-0.2, 0) is 0 Å². The molecular formula is C14H18N2. The molecule has 0 saturated heterocycles. The zero-order valence-corrected chi connectivity index (χ0v) is 9.66. The van der Waals surface area contributed by atoms with Gasteiger partial charge in [-0.15, -0.1) is 0 Å². The van der Waals surface area contributed by atoms with E-state index in [0.717, 1.165) is 12.5 Å². The smallest absolute Gasteiger partial charge is 0.0456 e. The normalized spacial score (nSPS) is 17.8. The van der Waals surface area contributed by atoms with Crippen molar-refractivity contribution < 1.29 is 0 Å². The number of hydrogen-bond acceptors (Lipinski definition) is 1. The van der Waals surface area contributed by atoms with Gasteiger partial charge in [0.05, 0.1) is 0 Å². The van der Waals surface area contributed by atoms with E-state index in [1.807, 2.05) is 7.05 Å². The molecule has 1 aromatic carbocycles. The van der Waals surface area contributed by atoms with Gasteiger partial charge in [0.15, 0.2) is 0 Å². The third-order valence-corrected chi connectivity index (χ3v) is 3.64. The highest BCUT2D eigenvalue weighted by Crippen LogP contribution is 2.44. The number of benzene rings is 1. The molecule has 2 nitrogen and oxygen atoms in total. The van der Waals surface area contributed by atoms with E-state index in [9.17, 15) is 0 Å². The van der Waals surface area contributed by atoms with E-state index in [1.165, 1.54) is 29.3 Å². The van der Waals surface area contributed by atoms with Gasteiger partial charge in [-0.3, -0.25) is 0 Å². The lowest BCUT2D eigenvalue weighted by atomic mass is 9.94. The molecular weight excluding hydrogens is 196 g/mol. The van der Waals surface area contributed by atoms with Crippen LogP contribution in [0.2, 0.25) is 0 Å². The summed E-state index contributed by atoms with van der Waals surface area (Å²) in [5.74, 6) is 1.58. The predicted octanol–water partition coefficient (Wildman–Crippen LogP) is 2.88. The van der Waals surface area contributed by atoms with Crippen LogP contribution in [0.1, 0.15) is 24.3 Å². The summed E-state index contributed by atoms with van der Waals surface area (Å²) in [5, 5.41) is 4.73. The Kier molecular flexibility index (Phi) is 2.44. The minimum atomic E-state index is 0.682. The molecule has 1 aliphatic rings. The van der Waals surface area contributed by atoms with E-state index in [1.54, 1.807) is 0 Å². The first-order chi connectivity index (χ1) is 7.90. The van der Waals surface area contributed by atoms with Crippen molar-refractivity contribution in [3.05, 3.63) is 36.0 Å². The maximum atomic E-state index is 3.38. The molecule has 0 bridgehead atoms. The van der Waals surface area contributed by atoms with Crippen molar-refractivity contribution in [3.63, 3.8) is 0 Å². The largest absolute Gasteiger partial charge is 0.361 e. The molecule has 2 heteroatoms. The van der Waals surface area contributed by atoms with Crippen molar-refractivity contribution in [1.29, 1.82) is 0 Å². The van der Waals surface area contributed by atoms with E-state index in [2.05, 4.69) is 40.8 Å². The minimum absolute atomic E-state index is 0.682. The molecule has 1 unspecified atom stereocenters. The van der Waals surface area contributed by atoms with Gasteiger partial charge in [-0.1, -0.05) is 18.2 Å². The van der Waals surface area contributed by atoms with Crippen molar-refractivity contribution in [1.82, 2.24) is 10.3 Å². The molecule has 2 aromatic rings. The van der Waals surface area contributed by atoms with E-state index in [4.69, 9.17) is 0 Å². The van der Waals surface area contributed by atoms with Crippen LogP contribution < -0.4 is 5.32 Å². The SMILES string of the molecule is CNCC(c1c[nH]c2ccccc12)C1CC1. The highest BCUT2D eigenvalue weighted by molar-refractivity contribution is 5.83. The quantitative estimate of drug-likeness (QED) is 0.804. The molecule has 1 aromatic heterocycles. The number of aromatic amines is 1. The summed E-state index contributed by atoms with van der Waals surface area (Å²) in [5.41, 5.74) is 2.76. The molecule has 1 atom stereocenters. The Labute approximate surface area is 96.1 Å². The Bertz CT molecular complexity index is 482. The van der Waals surface area contributed by atoms with E-state index < -0.39 is 0 Å². The van der Waals surface area contributed by atoms with Gasteiger partial charge in [0.2, 0.25) is 0 Å². The predicted molar refractivity (Wildman–Crippen MR) is 67.7 cm³/mol. The highest BCUT2D eigenvalue weighted by Gasteiger charge is 2.32. The average molecular weight is 214 g/mol. The molecule has 0 aliphatic heterocycles. The number of rotatable bonds is 4. The highest BCUT2D eigenvalue weighted by atomic mass is 14.8. The Hall–Kier alpha value is -1.28. The summed E-state index contributed by atoms with van der Waals surface area (Å²) < 4.78 is 0. The Morgan fingerprint density at radius 1 is 1.38 bits per heavy atom. The second-order valence-electron chi connectivity index (χ2n) is 4.79. The van der Waals surface area contributed by atoms with Crippen LogP contribution in [0.3, 0.4) is 0 Å². The minimum Gasteiger partial charge on any atom is -0.361 e. The molecule has 1 aliphatic carbocycles. The lowest BCUT2D eigenvalue weighted by molar-refractivity contribution is 0.570. The monoisotopic (exact) mass is 214 g/mol. The molecule has 1 saturated carbocycles. The van der Waals surface area contributed by atoms with E-state index in [-0.39, 0.29) is 0 Å².